The van der Waals surface area contributed by atoms with Crippen LogP contribution < -0.4 is 4.74 Å². The Morgan fingerprint density at radius 2 is 2.33 bits per heavy atom. The lowest BCUT2D eigenvalue weighted by atomic mass is 9.97. The molecule has 1 aliphatic heterocycles. The third kappa shape index (κ3) is 3.45. The van der Waals surface area contributed by atoms with Crippen LogP contribution in [0.4, 0.5) is 0 Å². The smallest absolute Gasteiger partial charge is 0.119 e. The van der Waals surface area contributed by atoms with Crippen LogP contribution in [-0.4, -0.2) is 35.1 Å². The van der Waals surface area contributed by atoms with Gasteiger partial charge in [0.15, 0.2) is 0 Å². The molecule has 2 aromatic rings. The summed E-state index contributed by atoms with van der Waals surface area (Å²) in [5, 5.41) is 0. The summed E-state index contributed by atoms with van der Waals surface area (Å²) in [7, 11) is 1.72. The molecule has 2 heterocycles. The number of aromatic nitrogens is 2. The van der Waals surface area contributed by atoms with E-state index in [0.717, 1.165) is 36.9 Å². The molecule has 1 atom stereocenters. The minimum absolute atomic E-state index is 0.526. The zero-order chi connectivity index (χ0) is 14.7. The SMILES string of the molecule is COc1cccc(CN2CCCC(c3ncc(C)[nH]3)C2)c1. The van der Waals surface area contributed by atoms with Gasteiger partial charge >= 0.3 is 0 Å². The molecule has 0 aliphatic carbocycles. The number of ether oxygens (including phenoxy) is 1. The van der Waals surface area contributed by atoms with E-state index in [0.29, 0.717) is 5.92 Å². The van der Waals surface area contributed by atoms with Crippen molar-refractivity contribution in [2.45, 2.75) is 32.2 Å². The predicted molar refractivity (Wildman–Crippen MR) is 83.6 cm³/mol. The van der Waals surface area contributed by atoms with Crippen molar-refractivity contribution in [3.8, 4) is 5.75 Å². The monoisotopic (exact) mass is 285 g/mol. The van der Waals surface area contributed by atoms with Gasteiger partial charge in [-0.25, -0.2) is 4.98 Å². The fourth-order valence-electron chi connectivity index (χ4n) is 3.09. The number of hydrogen-bond acceptors (Lipinski definition) is 3. The van der Waals surface area contributed by atoms with Crippen molar-refractivity contribution in [3.63, 3.8) is 0 Å². The third-order valence-electron chi connectivity index (χ3n) is 4.16. The summed E-state index contributed by atoms with van der Waals surface area (Å²) in [5.74, 6) is 2.60. The molecule has 0 saturated carbocycles. The molecule has 0 radical (unpaired) electrons. The lowest BCUT2D eigenvalue weighted by molar-refractivity contribution is 0.197. The highest BCUT2D eigenvalue weighted by Gasteiger charge is 2.23. The fourth-order valence-corrected chi connectivity index (χ4v) is 3.09. The maximum absolute atomic E-state index is 5.30. The number of H-pyrrole nitrogens is 1. The molecule has 1 saturated heterocycles. The van der Waals surface area contributed by atoms with Crippen LogP contribution in [0.3, 0.4) is 0 Å². The standard InChI is InChI=1S/C17H23N3O/c1-13-10-18-17(19-13)15-6-4-8-20(12-15)11-14-5-3-7-16(9-14)21-2/h3,5,7,9-10,15H,4,6,8,11-12H2,1-2H3,(H,18,19). The quantitative estimate of drug-likeness (QED) is 0.938. The van der Waals surface area contributed by atoms with Gasteiger partial charge < -0.3 is 9.72 Å². The number of hydrogen-bond donors (Lipinski definition) is 1. The van der Waals surface area contributed by atoms with E-state index in [-0.39, 0.29) is 0 Å². The molecule has 4 heteroatoms. The van der Waals surface area contributed by atoms with Crippen LogP contribution in [0.1, 0.15) is 35.8 Å². The summed E-state index contributed by atoms with van der Waals surface area (Å²) < 4.78 is 5.30. The van der Waals surface area contributed by atoms with Gasteiger partial charge in [0.05, 0.1) is 7.11 Å². The van der Waals surface area contributed by atoms with E-state index in [9.17, 15) is 0 Å². The number of benzene rings is 1. The number of aryl methyl sites for hydroxylation is 1. The number of methoxy groups -OCH3 is 1. The number of nitrogens with zero attached hydrogens (tertiary/aromatic N) is 2. The summed E-state index contributed by atoms with van der Waals surface area (Å²) in [5.41, 5.74) is 2.46. The lowest BCUT2D eigenvalue weighted by Gasteiger charge is -2.31. The van der Waals surface area contributed by atoms with Crippen LogP contribution >= 0.6 is 0 Å². The number of rotatable bonds is 4. The Labute approximate surface area is 126 Å². The Balaban J connectivity index is 1.65. The number of imidazole rings is 1. The topological polar surface area (TPSA) is 41.1 Å². The van der Waals surface area contributed by atoms with Gasteiger partial charge in [0, 0.05) is 30.9 Å². The van der Waals surface area contributed by atoms with E-state index < -0.39 is 0 Å². The average molecular weight is 285 g/mol. The van der Waals surface area contributed by atoms with Crippen molar-refractivity contribution in [1.29, 1.82) is 0 Å². The Morgan fingerprint density at radius 3 is 3.10 bits per heavy atom. The van der Waals surface area contributed by atoms with Crippen LogP contribution in [0, 0.1) is 6.92 Å². The highest BCUT2D eigenvalue weighted by molar-refractivity contribution is 5.28. The molecule has 1 aromatic heterocycles. The highest BCUT2D eigenvalue weighted by Crippen LogP contribution is 2.26. The predicted octanol–water partition coefficient (Wildman–Crippen LogP) is 3.11. The maximum Gasteiger partial charge on any atom is 0.119 e. The molecule has 112 valence electrons. The van der Waals surface area contributed by atoms with E-state index in [2.05, 4.69) is 40.0 Å². The van der Waals surface area contributed by atoms with Crippen molar-refractivity contribution in [2.24, 2.45) is 0 Å². The minimum atomic E-state index is 0.526. The van der Waals surface area contributed by atoms with Gasteiger partial charge in [0.1, 0.15) is 11.6 Å². The molecular weight excluding hydrogens is 262 g/mol. The molecule has 1 unspecified atom stereocenters. The number of piperidine rings is 1. The Hall–Kier alpha value is -1.81. The largest absolute Gasteiger partial charge is 0.497 e. The van der Waals surface area contributed by atoms with Crippen LogP contribution in [-0.2, 0) is 6.54 Å². The third-order valence-corrected chi connectivity index (χ3v) is 4.16. The molecule has 21 heavy (non-hydrogen) atoms. The van der Waals surface area contributed by atoms with E-state index in [4.69, 9.17) is 4.74 Å². The van der Waals surface area contributed by atoms with Gasteiger partial charge in [0.2, 0.25) is 0 Å². The summed E-state index contributed by atoms with van der Waals surface area (Å²) in [4.78, 5) is 10.4. The first kappa shape index (κ1) is 14.1. The normalized spacial score (nSPS) is 19.6. The Bertz CT molecular complexity index is 593. The van der Waals surface area contributed by atoms with Crippen LogP contribution in [0.15, 0.2) is 30.5 Å². The second-order valence-electron chi connectivity index (χ2n) is 5.88. The second-order valence-corrected chi connectivity index (χ2v) is 5.88. The van der Waals surface area contributed by atoms with E-state index in [1.807, 2.05) is 12.3 Å². The van der Waals surface area contributed by atoms with Crippen LogP contribution in [0.2, 0.25) is 0 Å². The highest BCUT2D eigenvalue weighted by atomic mass is 16.5. The Kier molecular flexibility index (Phi) is 4.25. The van der Waals surface area contributed by atoms with Gasteiger partial charge in [-0.3, -0.25) is 4.90 Å². The fraction of sp³-hybridized carbons (Fsp3) is 0.471. The lowest BCUT2D eigenvalue weighted by Crippen LogP contribution is -2.34. The molecule has 1 fully saturated rings. The van der Waals surface area contributed by atoms with Crippen molar-refractivity contribution < 1.29 is 4.74 Å². The summed E-state index contributed by atoms with van der Waals surface area (Å²) in [6.07, 6.45) is 4.38. The van der Waals surface area contributed by atoms with Gasteiger partial charge in [-0.05, 0) is 44.0 Å². The van der Waals surface area contributed by atoms with Crippen LogP contribution in [0.5, 0.6) is 5.75 Å². The molecule has 1 aromatic carbocycles. The van der Waals surface area contributed by atoms with Crippen LogP contribution in [0.25, 0.3) is 0 Å². The maximum atomic E-state index is 5.30. The molecule has 0 spiro atoms. The summed E-state index contributed by atoms with van der Waals surface area (Å²) >= 11 is 0. The minimum Gasteiger partial charge on any atom is -0.497 e. The van der Waals surface area contributed by atoms with E-state index in [1.165, 1.54) is 18.4 Å². The van der Waals surface area contributed by atoms with E-state index >= 15 is 0 Å². The van der Waals surface area contributed by atoms with Crippen molar-refractivity contribution in [3.05, 3.63) is 47.5 Å². The van der Waals surface area contributed by atoms with Gasteiger partial charge in [-0.1, -0.05) is 12.1 Å². The molecule has 0 bridgehead atoms. The van der Waals surface area contributed by atoms with Gasteiger partial charge in [-0.15, -0.1) is 0 Å². The molecule has 1 N–H and O–H groups in total. The van der Waals surface area contributed by atoms with Gasteiger partial charge in [0.25, 0.3) is 0 Å². The molecule has 0 amide bonds. The molecule has 1 aliphatic rings. The molecular formula is C17H23N3O. The Morgan fingerprint density at radius 1 is 1.43 bits per heavy atom. The van der Waals surface area contributed by atoms with Gasteiger partial charge in [-0.2, -0.15) is 0 Å². The molecule has 3 rings (SSSR count). The first-order valence-electron chi connectivity index (χ1n) is 7.61. The van der Waals surface area contributed by atoms with Crippen molar-refractivity contribution >= 4 is 0 Å². The van der Waals surface area contributed by atoms with E-state index in [1.54, 1.807) is 7.11 Å². The first-order chi connectivity index (χ1) is 10.2. The zero-order valence-corrected chi connectivity index (χ0v) is 12.8. The average Bonchev–Trinajstić information content (AvgIpc) is 2.94. The van der Waals surface area contributed by atoms with Crippen molar-refractivity contribution in [2.75, 3.05) is 20.2 Å². The number of aromatic amines is 1. The number of nitrogens with one attached hydrogen (secondary N) is 1. The first-order valence-corrected chi connectivity index (χ1v) is 7.61. The number of likely N-dealkylation sites (tertiary alicyclic amines) is 1. The summed E-state index contributed by atoms with van der Waals surface area (Å²) in [6.45, 7) is 5.28. The molecule has 4 nitrogen and oxygen atoms in total. The zero-order valence-electron chi connectivity index (χ0n) is 12.8. The van der Waals surface area contributed by atoms with Crippen molar-refractivity contribution in [1.82, 2.24) is 14.9 Å². The summed E-state index contributed by atoms with van der Waals surface area (Å²) in [6, 6.07) is 8.35. The second kappa shape index (κ2) is 6.31.